The van der Waals surface area contributed by atoms with Crippen LogP contribution in [0.1, 0.15) is 47.7 Å². The third kappa shape index (κ3) is 6.56. The molecule has 0 radical (unpaired) electrons. The molecule has 1 N–H and O–H groups in total. The van der Waals surface area contributed by atoms with Gasteiger partial charge in [-0.25, -0.2) is 17.1 Å². The van der Waals surface area contributed by atoms with E-state index in [0.29, 0.717) is 16.4 Å². The van der Waals surface area contributed by atoms with E-state index >= 15 is 0 Å². The first-order valence-electron chi connectivity index (χ1n) is 13.2. The predicted molar refractivity (Wildman–Crippen MR) is 148 cm³/mol. The molecule has 0 saturated heterocycles. The summed E-state index contributed by atoms with van der Waals surface area (Å²) in [6.45, 7) is 2.07. The largest absolute Gasteiger partial charge is 0.354 e. The number of nitrogens with one attached hydrogen (secondary N) is 1. The van der Waals surface area contributed by atoms with Gasteiger partial charge in [-0.05, 0) is 41.8 Å². The van der Waals surface area contributed by atoms with Gasteiger partial charge in [-0.15, -0.1) is 0 Å². The van der Waals surface area contributed by atoms with Crippen LogP contribution in [0.4, 0.5) is 4.39 Å². The minimum absolute atomic E-state index is 0.00126. The second-order valence-corrected chi connectivity index (χ2v) is 11.5. The van der Waals surface area contributed by atoms with Gasteiger partial charge in [0.2, 0.25) is 11.8 Å². The van der Waals surface area contributed by atoms with Crippen LogP contribution in [0.15, 0.2) is 83.8 Å². The van der Waals surface area contributed by atoms with Crippen LogP contribution in [0, 0.1) is 5.82 Å². The van der Waals surface area contributed by atoms with E-state index in [-0.39, 0.29) is 42.3 Å². The third-order valence-electron chi connectivity index (χ3n) is 6.81. The smallest absolute Gasteiger partial charge is 0.269 e. The highest BCUT2D eigenvalue weighted by Gasteiger charge is 2.41. The molecule has 3 amide bonds. The first-order chi connectivity index (χ1) is 19.2. The van der Waals surface area contributed by atoms with Gasteiger partial charge >= 0.3 is 0 Å². The summed E-state index contributed by atoms with van der Waals surface area (Å²) in [4.78, 5) is 41.4. The molecule has 0 bridgehead atoms. The van der Waals surface area contributed by atoms with Crippen molar-refractivity contribution in [2.24, 2.45) is 0 Å². The van der Waals surface area contributed by atoms with Crippen LogP contribution in [-0.2, 0) is 32.6 Å². The van der Waals surface area contributed by atoms with Gasteiger partial charge in [-0.1, -0.05) is 67.9 Å². The van der Waals surface area contributed by atoms with Crippen LogP contribution in [0.3, 0.4) is 0 Å². The van der Waals surface area contributed by atoms with Crippen molar-refractivity contribution >= 4 is 27.7 Å². The van der Waals surface area contributed by atoms with Gasteiger partial charge in [0.05, 0.1) is 5.56 Å². The fourth-order valence-electron chi connectivity index (χ4n) is 4.64. The number of hydrogen-bond donors (Lipinski definition) is 1. The van der Waals surface area contributed by atoms with Gasteiger partial charge < -0.3 is 10.2 Å². The van der Waals surface area contributed by atoms with E-state index in [2.05, 4.69) is 5.32 Å². The van der Waals surface area contributed by atoms with Gasteiger partial charge in [0.25, 0.3) is 15.9 Å². The van der Waals surface area contributed by atoms with Crippen molar-refractivity contribution in [1.29, 1.82) is 0 Å². The molecule has 8 nitrogen and oxygen atoms in total. The van der Waals surface area contributed by atoms with E-state index in [1.54, 1.807) is 6.07 Å². The van der Waals surface area contributed by atoms with E-state index < -0.39 is 33.7 Å². The van der Waals surface area contributed by atoms with E-state index in [0.717, 1.165) is 18.4 Å². The zero-order chi connectivity index (χ0) is 28.7. The summed E-state index contributed by atoms with van der Waals surface area (Å²) in [5, 5.41) is 2.91. The Bertz CT molecular complexity index is 1460. The zero-order valence-corrected chi connectivity index (χ0v) is 23.1. The normalized spacial score (nSPS) is 14.4. The predicted octanol–water partition coefficient (Wildman–Crippen LogP) is 3.92. The number of unbranched alkanes of at least 4 members (excludes halogenated alkanes) is 1. The summed E-state index contributed by atoms with van der Waals surface area (Å²) < 4.78 is 40.3. The molecule has 1 heterocycles. The molecule has 210 valence electrons. The number of carbonyl (C=O) groups excluding carboxylic acids is 3. The summed E-state index contributed by atoms with van der Waals surface area (Å²) >= 11 is 0. The lowest BCUT2D eigenvalue weighted by atomic mass is 10.0. The number of halogens is 1. The lowest BCUT2D eigenvalue weighted by Gasteiger charge is -2.32. The topological polar surface area (TPSA) is 104 Å². The number of sulfonamides is 1. The maximum Gasteiger partial charge on any atom is 0.269 e. The molecule has 1 aliphatic heterocycles. The molecule has 1 unspecified atom stereocenters. The molecule has 3 aromatic carbocycles. The Morgan fingerprint density at radius 1 is 0.950 bits per heavy atom. The minimum Gasteiger partial charge on any atom is -0.354 e. The number of amides is 3. The number of benzene rings is 3. The average molecular weight is 566 g/mol. The summed E-state index contributed by atoms with van der Waals surface area (Å²) in [6.07, 6.45) is 1.54. The van der Waals surface area contributed by atoms with E-state index in [4.69, 9.17) is 0 Å². The molecule has 40 heavy (non-hydrogen) atoms. The van der Waals surface area contributed by atoms with Crippen LogP contribution in [-0.4, -0.2) is 54.5 Å². The zero-order valence-electron chi connectivity index (χ0n) is 22.3. The highest BCUT2D eigenvalue weighted by molar-refractivity contribution is 7.90. The van der Waals surface area contributed by atoms with Crippen molar-refractivity contribution in [3.8, 4) is 0 Å². The summed E-state index contributed by atoms with van der Waals surface area (Å²) in [5.74, 6) is -1.97. The average Bonchev–Trinajstić information content (AvgIpc) is 3.15. The van der Waals surface area contributed by atoms with E-state index in [9.17, 15) is 27.2 Å². The molecule has 1 atom stereocenters. The maximum absolute atomic E-state index is 13.8. The third-order valence-corrected chi connectivity index (χ3v) is 8.65. The van der Waals surface area contributed by atoms with E-state index in [1.165, 1.54) is 47.4 Å². The van der Waals surface area contributed by atoms with Crippen LogP contribution in [0.5, 0.6) is 0 Å². The van der Waals surface area contributed by atoms with Crippen LogP contribution in [0.25, 0.3) is 0 Å². The van der Waals surface area contributed by atoms with Crippen molar-refractivity contribution < 1.29 is 27.2 Å². The van der Waals surface area contributed by atoms with Gasteiger partial charge in [0.15, 0.2) is 0 Å². The molecule has 0 aliphatic carbocycles. The van der Waals surface area contributed by atoms with Crippen LogP contribution >= 0.6 is 0 Å². The highest BCUT2D eigenvalue weighted by atomic mass is 32.2. The minimum atomic E-state index is -4.09. The number of rotatable bonds is 12. The van der Waals surface area contributed by atoms with E-state index in [1.807, 2.05) is 37.3 Å². The Morgan fingerprint density at radius 3 is 2.30 bits per heavy atom. The standard InChI is InChI=1S/C30H32FN3O5S/c1-2-3-18-32-29(36)26(20-22-9-5-4-6-10-22)33(21-23-13-15-24(31)16-14-23)28(35)17-19-34-30(37)25-11-7-8-12-27(25)40(34,38)39/h4-16,26H,2-3,17-21H2,1H3,(H,32,36). The van der Waals surface area contributed by atoms with Crippen molar-refractivity contribution in [1.82, 2.24) is 14.5 Å². The van der Waals surface area contributed by atoms with Gasteiger partial charge in [-0.3, -0.25) is 14.4 Å². The Balaban J connectivity index is 1.62. The fourth-order valence-corrected chi connectivity index (χ4v) is 6.21. The molecule has 10 heteroatoms. The molecular formula is C30H32FN3O5S. The second kappa shape index (κ2) is 12.9. The SMILES string of the molecule is CCCCNC(=O)C(Cc1ccccc1)N(Cc1ccc(F)cc1)C(=O)CCN1C(=O)c2ccccc2S1(=O)=O. The van der Waals surface area contributed by atoms with Crippen molar-refractivity contribution in [3.05, 3.63) is 101 Å². The number of hydrogen-bond acceptors (Lipinski definition) is 5. The molecule has 3 aromatic rings. The Hall–Kier alpha value is -4.05. The van der Waals surface area contributed by atoms with Crippen LogP contribution in [0.2, 0.25) is 0 Å². The molecule has 4 rings (SSSR count). The molecule has 0 fully saturated rings. The van der Waals surface area contributed by atoms with Crippen molar-refractivity contribution in [3.63, 3.8) is 0 Å². The lowest BCUT2D eigenvalue weighted by Crippen LogP contribution is -2.51. The van der Waals surface area contributed by atoms with Crippen molar-refractivity contribution in [2.45, 2.75) is 50.1 Å². The van der Waals surface area contributed by atoms with Crippen molar-refractivity contribution in [2.75, 3.05) is 13.1 Å². The Labute approximate surface area is 233 Å². The maximum atomic E-state index is 13.8. The molecule has 0 saturated carbocycles. The number of fused-ring (bicyclic) bond motifs is 1. The monoisotopic (exact) mass is 565 g/mol. The summed E-state index contributed by atoms with van der Waals surface area (Å²) in [5.41, 5.74) is 1.50. The highest BCUT2D eigenvalue weighted by Crippen LogP contribution is 2.30. The molecule has 0 aromatic heterocycles. The fraction of sp³-hybridized carbons (Fsp3) is 0.300. The van der Waals surface area contributed by atoms with Gasteiger partial charge in [-0.2, -0.15) is 0 Å². The Morgan fingerprint density at radius 2 is 1.62 bits per heavy atom. The first-order valence-corrected chi connectivity index (χ1v) is 14.7. The number of nitrogens with zero attached hydrogens (tertiary/aromatic N) is 2. The van der Waals surface area contributed by atoms with Gasteiger partial charge in [0, 0.05) is 32.5 Å². The summed E-state index contributed by atoms with van der Waals surface area (Å²) in [7, 11) is -4.09. The molecule has 0 spiro atoms. The quantitative estimate of drug-likeness (QED) is 0.336. The second-order valence-electron chi connectivity index (χ2n) is 9.63. The van der Waals surface area contributed by atoms with Crippen LogP contribution < -0.4 is 5.32 Å². The first kappa shape index (κ1) is 28.9. The van der Waals surface area contributed by atoms with Gasteiger partial charge in [0.1, 0.15) is 16.8 Å². The molecule has 1 aliphatic rings. The summed E-state index contributed by atoms with van der Waals surface area (Å²) in [6, 6.07) is 19.9. The molecular weight excluding hydrogens is 533 g/mol. The Kier molecular flexibility index (Phi) is 9.31. The lowest BCUT2D eigenvalue weighted by molar-refractivity contribution is -0.141. The number of carbonyl (C=O) groups is 3.